The summed E-state index contributed by atoms with van der Waals surface area (Å²) >= 11 is 0. The van der Waals surface area contributed by atoms with Crippen molar-refractivity contribution in [3.8, 4) is 11.3 Å². The van der Waals surface area contributed by atoms with E-state index >= 15 is 0 Å². The molecule has 7 heterocycles. The summed E-state index contributed by atoms with van der Waals surface area (Å²) in [5, 5.41) is 35.5. The van der Waals surface area contributed by atoms with Gasteiger partial charge in [-0.1, -0.05) is 49.9 Å². The predicted molar refractivity (Wildman–Crippen MR) is 410 cm³/mol. The molecule has 4 aliphatic rings. The summed E-state index contributed by atoms with van der Waals surface area (Å²) in [5.74, 6) is -0.313. The fourth-order valence-corrected chi connectivity index (χ4v) is 22.3. The molecule has 121 heavy (non-hydrogen) atoms. The van der Waals surface area contributed by atoms with Crippen molar-refractivity contribution in [3.63, 3.8) is 0 Å². The van der Waals surface area contributed by atoms with Gasteiger partial charge in [0.05, 0.1) is 63.1 Å². The Morgan fingerprint density at radius 2 is 0.893 bits per heavy atom. The molecule has 15 N–H and O–H groups in total. The molecule has 2 amide bonds. The topological polar surface area (TPSA) is 726 Å². The van der Waals surface area contributed by atoms with E-state index in [4.69, 9.17) is 37.0 Å². The van der Waals surface area contributed by atoms with E-state index in [1.54, 1.807) is 12.1 Å². The van der Waals surface area contributed by atoms with E-state index in [0.29, 0.717) is 81.2 Å². The Balaban J connectivity index is 0.615. The number of alkyl carbamates (subject to hydrolysis) is 1. The number of aromatic nitrogens is 8. The number of aliphatic hydroxyl groups is 2. The average Bonchev–Trinajstić information content (AvgIpc) is 1.79. The molecule has 4 aromatic heterocycles. The maximum absolute atomic E-state index is 13.4. The third-order valence-electron chi connectivity index (χ3n) is 18.6. The zero-order valence-corrected chi connectivity index (χ0v) is 71.9. The molecule has 9 unspecified atom stereocenters. The number of nitrogens with one attached hydrogen (secondary N) is 5. The average molecular weight is 1880 g/mol. The lowest BCUT2D eigenvalue weighted by molar-refractivity contribution is -0.120. The molecule has 0 saturated carbocycles. The van der Waals surface area contributed by atoms with Crippen LogP contribution in [0.2, 0.25) is 0 Å². The van der Waals surface area contributed by atoms with Gasteiger partial charge in [0.25, 0.3) is 16.7 Å². The number of carbonyl (C=O) groups is 2. The summed E-state index contributed by atoms with van der Waals surface area (Å²) in [6, 6.07) is 7.20. The van der Waals surface area contributed by atoms with E-state index in [1.807, 2.05) is 24.0 Å². The molecule has 51 nitrogen and oxygen atoms in total. The molecule has 9 rings (SSSR count). The van der Waals surface area contributed by atoms with Crippen molar-refractivity contribution in [1.29, 1.82) is 0 Å². The zero-order valence-electron chi connectivity index (χ0n) is 64.7. The second-order valence-corrected chi connectivity index (χ2v) is 40.3. The van der Waals surface area contributed by atoms with Crippen LogP contribution in [0.15, 0.2) is 71.6 Å². The van der Waals surface area contributed by atoms with Crippen LogP contribution in [0.4, 0.5) is 4.79 Å². The first-order chi connectivity index (χ1) is 56.5. The van der Waals surface area contributed by atoms with E-state index in [2.05, 4.69) is 61.4 Å². The summed E-state index contributed by atoms with van der Waals surface area (Å²) in [6.45, 7) is 2.99. The highest BCUT2D eigenvalue weighted by molar-refractivity contribution is 7.72. The number of aromatic amines is 3. The van der Waals surface area contributed by atoms with Crippen LogP contribution in [0.3, 0.4) is 0 Å². The number of amides is 2. The number of hydrogen-bond acceptors (Lipinski definition) is 35. The standard InChI is InChI=1S/C62H92N10O41P8/c1-36-30-70(59(79)65-56(36)76)52-27-45(73)48(105-52)33-102-115(85,86)108-47-29-54(72-32-38(3)58(78)67-61(72)81)107-50(47)35-101-114(83,84)99-24-11-8-6-10-23-64-62(82)104-42-14-13-15-44-43(21-20-42)39(4)68-69-55(44)41-18-16-40(17-19-41)26-51(75)63-22-9-5-7-12-25-100-116(87,88)109-118(91,92)111-120(95,96)113-121(97,98)112-119(93,94)110-117(89,90)103-34-49-46(74)28-53(106-49)71-31-37(2)57(77)66-60(71)80/h16-19,30-32,42,45-50,52-54,73-74H,5-15,20-29,33-35H2,1-4H3,(H,63,75)(H,64,82)(H,83,84)(H,85,86)(H,87,88)(H,89,90)(H,91,92)(H,93,94)(H,95,96)(H,97,98)(H,65,76,79)(H,66,77,80)(H,67,78,81)/t42?,45-,46+,47-,48-,49+,50-,52-,53+,54-/m1/s1. The number of nitrogens with zero attached hydrogens (tertiary/aromatic N) is 5. The normalized spacial score (nSPS) is 24.7. The minimum Gasteiger partial charge on any atom is -0.446 e. The molecule has 0 spiro atoms. The molecule has 5 aromatic rings. The van der Waals surface area contributed by atoms with Gasteiger partial charge >= 0.3 is 85.7 Å². The fraction of sp³-hybridized carbons (Fsp3) is 0.613. The number of ether oxygens (including phenoxy) is 4. The van der Waals surface area contributed by atoms with Crippen molar-refractivity contribution in [2.24, 2.45) is 0 Å². The van der Waals surface area contributed by atoms with Crippen molar-refractivity contribution in [2.45, 2.75) is 198 Å². The molecule has 0 bridgehead atoms. The second-order valence-electron chi connectivity index (χ2n) is 28.0. The predicted octanol–water partition coefficient (Wildman–Crippen LogP) is 4.11. The lowest BCUT2D eigenvalue weighted by atomic mass is 9.89. The van der Waals surface area contributed by atoms with Crippen LogP contribution in [0, 0.1) is 27.7 Å². The van der Waals surface area contributed by atoms with Gasteiger partial charge in [0.1, 0.15) is 49.2 Å². The Bertz CT molecular complexity index is 5300. The van der Waals surface area contributed by atoms with E-state index < -0.39 is 190 Å². The third kappa shape index (κ3) is 30.3. The Morgan fingerprint density at radius 3 is 1.39 bits per heavy atom. The number of phosphoric ester groups is 4. The Labute approximate surface area is 684 Å². The van der Waals surface area contributed by atoms with E-state index in [0.717, 1.165) is 36.6 Å². The number of benzene rings is 1. The number of fused-ring (bicyclic) bond motifs is 1. The van der Waals surface area contributed by atoms with Gasteiger partial charge < -0.3 is 78.9 Å². The van der Waals surface area contributed by atoms with Crippen LogP contribution in [0.1, 0.15) is 148 Å². The summed E-state index contributed by atoms with van der Waals surface area (Å²) in [4.78, 5) is 186. The van der Waals surface area contributed by atoms with Crippen LogP contribution in [0.25, 0.3) is 11.3 Å². The fourth-order valence-electron chi connectivity index (χ4n) is 12.8. The minimum absolute atomic E-state index is 0.000281. The second kappa shape index (κ2) is 42.5. The van der Waals surface area contributed by atoms with Crippen molar-refractivity contribution in [2.75, 3.05) is 46.1 Å². The first-order valence-electron chi connectivity index (χ1n) is 37.1. The molecule has 0 radical (unpaired) electrons. The lowest BCUT2D eigenvalue weighted by Crippen LogP contribution is -2.33. The molecule has 3 saturated heterocycles. The van der Waals surface area contributed by atoms with E-state index in [9.17, 15) is 124 Å². The number of unbranched alkanes of at least 4 members (excludes halogenated alkanes) is 6. The van der Waals surface area contributed by atoms with Gasteiger partial charge in [-0.15, -0.1) is 5.10 Å². The molecular formula is C62H92N10O41P8. The third-order valence-corrected chi connectivity index (χ3v) is 29.9. The zero-order chi connectivity index (χ0) is 88.8. The number of H-pyrrole nitrogens is 3. The summed E-state index contributed by atoms with van der Waals surface area (Å²) in [5.41, 5.74) is 0.399. The number of aliphatic hydroxyl groups excluding tert-OH is 2. The Hall–Kier alpha value is -6.04. The van der Waals surface area contributed by atoms with Gasteiger partial charge in [0.2, 0.25) is 5.91 Å². The summed E-state index contributed by atoms with van der Waals surface area (Å²) in [7, 11) is -47.3. The number of phosphoric acid groups is 8. The van der Waals surface area contributed by atoms with Crippen LogP contribution < -0.4 is 44.4 Å². The smallest absolute Gasteiger partial charge is 0.446 e. The van der Waals surface area contributed by atoms with Crippen LogP contribution in [-0.2, 0) is 128 Å². The highest BCUT2D eigenvalue weighted by Crippen LogP contribution is 2.75. The number of aryl methyl sites for hydroxylation is 4. The van der Waals surface area contributed by atoms with Crippen molar-refractivity contribution >= 4 is 74.6 Å². The Morgan fingerprint density at radius 1 is 0.479 bits per heavy atom. The molecule has 3 aliphatic heterocycles. The quantitative estimate of drug-likeness (QED) is 0.0193. The maximum Gasteiger partial charge on any atom is 0.490 e. The molecular weight excluding hydrogens is 1790 g/mol. The molecule has 1 aromatic carbocycles. The molecule has 59 heteroatoms. The van der Waals surface area contributed by atoms with Gasteiger partial charge in [0, 0.05) is 73.2 Å². The monoisotopic (exact) mass is 1880 g/mol. The number of rotatable bonds is 44. The highest BCUT2D eigenvalue weighted by atomic mass is 31.3. The molecule has 1 aliphatic carbocycles. The van der Waals surface area contributed by atoms with Gasteiger partial charge in [-0.2, -0.15) is 26.7 Å². The van der Waals surface area contributed by atoms with Crippen LogP contribution >= 0.6 is 62.6 Å². The van der Waals surface area contributed by atoms with Crippen LogP contribution in [-0.4, -0.2) is 189 Å². The van der Waals surface area contributed by atoms with Gasteiger partial charge in [-0.25, -0.2) is 55.7 Å². The summed E-state index contributed by atoms with van der Waals surface area (Å²) in [6.07, 6.45) is -4.71. The number of hydrogen-bond donors (Lipinski definition) is 15. The van der Waals surface area contributed by atoms with Crippen LogP contribution in [0.5, 0.6) is 0 Å². The maximum atomic E-state index is 13.4. The molecule has 676 valence electrons. The number of carbonyl (C=O) groups excluding carboxylic acids is 2. The lowest BCUT2D eigenvalue weighted by Gasteiger charge is -2.24. The van der Waals surface area contributed by atoms with Gasteiger partial charge in [-0.05, 0) is 102 Å². The first-order valence-corrected chi connectivity index (χ1v) is 49.0. The molecule has 3 fully saturated rings. The van der Waals surface area contributed by atoms with Crippen molar-refractivity contribution < 1.29 is 163 Å². The van der Waals surface area contributed by atoms with Crippen molar-refractivity contribution in [1.82, 2.24) is 49.5 Å². The Kier molecular flexibility index (Phi) is 34.7. The van der Waals surface area contributed by atoms with E-state index in [1.165, 1.54) is 33.2 Å². The highest BCUT2D eigenvalue weighted by Gasteiger charge is 2.51. The molecule has 18 atom stereocenters. The van der Waals surface area contributed by atoms with E-state index in [-0.39, 0.29) is 87.2 Å². The first kappa shape index (κ1) is 98.7. The van der Waals surface area contributed by atoms with Gasteiger partial charge in [-0.3, -0.25) is 75.0 Å². The SMILES string of the molecule is Cc1nnc(-c2ccc(CC(=O)NCCCCCCOP(=O)(O)OP(=O)(O)OP(=O)(O)OP(=O)(O)OP(=O)(O)OP(=O)(O)OC[C@@H]3O[C@H](n4cc(C)c(=O)[nH]c4=O)C[C@@H]3O)cc2)c2c1CCC(OC(=O)NCCCCCCOP(=O)(O)OC[C@H]1O[C@@H](n3cc(C)c(=O)[nH]c3=O)C[C@H]1OP(=O)(O)OC[C@H]1O[C@@H](n3cc(C)c(=O)[nH]c3=O)C[C@H]1O)CCC2. The van der Waals surface area contributed by atoms with Gasteiger partial charge in [0.15, 0.2) is 0 Å². The summed E-state index contributed by atoms with van der Waals surface area (Å²) < 4.78 is 175. The largest absolute Gasteiger partial charge is 0.490 e. The minimum atomic E-state index is -6.56. The van der Waals surface area contributed by atoms with Crippen molar-refractivity contribution in [3.05, 3.63) is 144 Å².